The van der Waals surface area contributed by atoms with E-state index < -0.39 is 0 Å². The second kappa shape index (κ2) is 6.42. The lowest BCUT2D eigenvalue weighted by Crippen LogP contribution is -2.23. The highest BCUT2D eigenvalue weighted by Crippen LogP contribution is 2.38. The van der Waals surface area contributed by atoms with E-state index in [-0.39, 0.29) is 0 Å². The number of fused-ring (bicyclic) bond motifs is 1. The van der Waals surface area contributed by atoms with Crippen LogP contribution >= 0.6 is 27.3 Å². The smallest absolute Gasteiger partial charge is 0.0704 e. The molecule has 0 aliphatic heterocycles. The Hall–Kier alpha value is -0.640. The van der Waals surface area contributed by atoms with Crippen molar-refractivity contribution in [3.8, 4) is 0 Å². The van der Waals surface area contributed by atoms with Crippen LogP contribution in [0.5, 0.6) is 0 Å². The molecule has 3 rings (SSSR count). The fraction of sp³-hybridized carbons (Fsp3) is 0.412. The molecule has 1 aliphatic carbocycles. The molecular weight excluding hydrogens is 330 g/mol. The van der Waals surface area contributed by atoms with Gasteiger partial charge in [-0.15, -0.1) is 11.3 Å². The summed E-state index contributed by atoms with van der Waals surface area (Å²) in [4.78, 5) is 1.56. The van der Waals surface area contributed by atoms with Gasteiger partial charge in [0.05, 0.1) is 3.79 Å². The molecule has 1 N–H and O–H groups in total. The molecule has 20 heavy (non-hydrogen) atoms. The summed E-state index contributed by atoms with van der Waals surface area (Å²) < 4.78 is 1.27. The lowest BCUT2D eigenvalue weighted by atomic mass is 9.94. The maximum absolute atomic E-state index is 3.73. The lowest BCUT2D eigenvalue weighted by Gasteiger charge is -2.23. The molecular formula is C17H20BrNS. The Kier molecular flexibility index (Phi) is 4.59. The van der Waals surface area contributed by atoms with Crippen LogP contribution in [0.2, 0.25) is 0 Å². The molecule has 1 aromatic heterocycles. The van der Waals surface area contributed by atoms with Crippen molar-refractivity contribution in [1.29, 1.82) is 0 Å². The average molecular weight is 350 g/mol. The van der Waals surface area contributed by atoms with E-state index in [0.29, 0.717) is 6.04 Å². The Bertz CT molecular complexity index is 573. The van der Waals surface area contributed by atoms with Crippen molar-refractivity contribution in [3.05, 3.63) is 55.7 Å². The van der Waals surface area contributed by atoms with Gasteiger partial charge in [0.2, 0.25) is 0 Å². The quantitative estimate of drug-likeness (QED) is 0.795. The molecule has 0 amide bonds. The number of hydrogen-bond acceptors (Lipinski definition) is 2. The molecule has 1 unspecified atom stereocenters. The first-order valence-corrected chi connectivity index (χ1v) is 8.96. The summed E-state index contributed by atoms with van der Waals surface area (Å²) in [5.41, 5.74) is 4.30. The van der Waals surface area contributed by atoms with Gasteiger partial charge in [-0.05, 0) is 64.4 Å². The monoisotopic (exact) mass is 349 g/mol. The first-order chi connectivity index (χ1) is 9.76. The average Bonchev–Trinajstić information content (AvgIpc) is 2.86. The van der Waals surface area contributed by atoms with Crippen LogP contribution in [0.25, 0.3) is 0 Å². The number of halogens is 1. The molecule has 1 heterocycles. The Morgan fingerprint density at radius 2 is 2.00 bits per heavy atom. The third-order valence-corrected chi connectivity index (χ3v) is 5.78. The number of benzene rings is 1. The third kappa shape index (κ3) is 3.16. The molecule has 1 nitrogen and oxygen atoms in total. The van der Waals surface area contributed by atoms with Gasteiger partial charge in [-0.3, -0.25) is 0 Å². The van der Waals surface area contributed by atoms with Crippen LogP contribution in [0.15, 0.2) is 34.1 Å². The molecule has 106 valence electrons. The zero-order chi connectivity index (χ0) is 13.9. The predicted molar refractivity (Wildman–Crippen MR) is 90.4 cm³/mol. The minimum absolute atomic E-state index is 0.521. The summed E-state index contributed by atoms with van der Waals surface area (Å²) in [5, 5.41) is 3.73. The summed E-state index contributed by atoms with van der Waals surface area (Å²) in [5.74, 6) is 0. The summed E-state index contributed by atoms with van der Waals surface area (Å²) in [7, 11) is 0. The van der Waals surface area contributed by atoms with Crippen molar-refractivity contribution in [3.63, 3.8) is 0 Å². The molecule has 1 aromatic carbocycles. The largest absolute Gasteiger partial charge is 0.306 e. The zero-order valence-corrected chi connectivity index (χ0v) is 14.2. The highest BCUT2D eigenvalue weighted by Gasteiger charge is 2.22. The number of thiophene rings is 1. The minimum atomic E-state index is 0.521. The van der Waals surface area contributed by atoms with Crippen LogP contribution in [0.3, 0.4) is 0 Å². The van der Waals surface area contributed by atoms with E-state index in [1.54, 1.807) is 4.88 Å². The fourth-order valence-corrected chi connectivity index (χ4v) is 4.69. The van der Waals surface area contributed by atoms with Gasteiger partial charge in [0.1, 0.15) is 0 Å². The number of nitrogens with one attached hydrogen (secondary N) is 1. The number of rotatable bonds is 4. The van der Waals surface area contributed by atoms with Crippen LogP contribution in [-0.2, 0) is 19.4 Å². The molecule has 0 saturated carbocycles. The topological polar surface area (TPSA) is 12.0 Å². The minimum Gasteiger partial charge on any atom is -0.306 e. The van der Waals surface area contributed by atoms with Crippen molar-refractivity contribution in [2.75, 3.05) is 0 Å². The van der Waals surface area contributed by atoms with Gasteiger partial charge in [-0.25, -0.2) is 0 Å². The van der Waals surface area contributed by atoms with Gasteiger partial charge in [-0.2, -0.15) is 0 Å². The SMILES string of the molecule is CCc1ccc(CNC2CCCc3sc(Br)cc32)cc1. The van der Waals surface area contributed by atoms with Gasteiger partial charge in [0.15, 0.2) is 0 Å². The Morgan fingerprint density at radius 3 is 2.75 bits per heavy atom. The first-order valence-electron chi connectivity index (χ1n) is 7.35. The maximum atomic E-state index is 3.73. The van der Waals surface area contributed by atoms with Crippen LogP contribution in [0.1, 0.15) is 47.4 Å². The zero-order valence-electron chi connectivity index (χ0n) is 11.8. The van der Waals surface area contributed by atoms with E-state index in [1.165, 1.54) is 39.7 Å². The molecule has 0 spiro atoms. The number of hydrogen-bond donors (Lipinski definition) is 1. The van der Waals surface area contributed by atoms with Crippen LogP contribution in [0, 0.1) is 0 Å². The highest BCUT2D eigenvalue weighted by atomic mass is 79.9. The van der Waals surface area contributed by atoms with Gasteiger partial charge >= 0.3 is 0 Å². The van der Waals surface area contributed by atoms with E-state index in [4.69, 9.17) is 0 Å². The van der Waals surface area contributed by atoms with Gasteiger partial charge < -0.3 is 5.32 Å². The Balaban J connectivity index is 1.66. The molecule has 3 heteroatoms. The van der Waals surface area contributed by atoms with Crippen molar-refractivity contribution >= 4 is 27.3 Å². The molecule has 2 aromatic rings. The van der Waals surface area contributed by atoms with Crippen LogP contribution in [-0.4, -0.2) is 0 Å². The van der Waals surface area contributed by atoms with Gasteiger partial charge in [-0.1, -0.05) is 31.2 Å². The van der Waals surface area contributed by atoms with Gasteiger partial charge in [0.25, 0.3) is 0 Å². The van der Waals surface area contributed by atoms with Crippen LogP contribution < -0.4 is 5.32 Å². The van der Waals surface area contributed by atoms with E-state index in [1.807, 2.05) is 11.3 Å². The van der Waals surface area contributed by atoms with E-state index in [2.05, 4.69) is 58.5 Å². The second-order valence-electron chi connectivity index (χ2n) is 5.42. The highest BCUT2D eigenvalue weighted by molar-refractivity contribution is 9.11. The first kappa shape index (κ1) is 14.3. The Morgan fingerprint density at radius 1 is 1.25 bits per heavy atom. The van der Waals surface area contributed by atoms with E-state index in [9.17, 15) is 0 Å². The molecule has 0 saturated heterocycles. The van der Waals surface area contributed by atoms with Crippen molar-refractivity contribution in [1.82, 2.24) is 5.32 Å². The second-order valence-corrected chi connectivity index (χ2v) is 7.94. The third-order valence-electron chi connectivity index (χ3n) is 4.07. The molecule has 0 fully saturated rings. The molecule has 0 radical (unpaired) electrons. The van der Waals surface area contributed by atoms with Crippen molar-refractivity contribution in [2.45, 2.75) is 45.2 Å². The predicted octanol–water partition coefficient (Wildman–Crippen LogP) is 5.24. The summed E-state index contributed by atoms with van der Waals surface area (Å²) >= 11 is 5.52. The summed E-state index contributed by atoms with van der Waals surface area (Å²) in [6, 6.07) is 11.8. The number of aryl methyl sites for hydroxylation is 2. The maximum Gasteiger partial charge on any atom is 0.0704 e. The molecule has 1 atom stereocenters. The fourth-order valence-electron chi connectivity index (χ4n) is 2.87. The van der Waals surface area contributed by atoms with E-state index in [0.717, 1.165) is 13.0 Å². The summed E-state index contributed by atoms with van der Waals surface area (Å²) in [6.07, 6.45) is 4.91. The van der Waals surface area contributed by atoms with Crippen LogP contribution in [0.4, 0.5) is 0 Å². The van der Waals surface area contributed by atoms with Crippen molar-refractivity contribution in [2.24, 2.45) is 0 Å². The molecule has 1 aliphatic rings. The normalized spacial score (nSPS) is 18.0. The van der Waals surface area contributed by atoms with E-state index >= 15 is 0 Å². The molecule has 0 bridgehead atoms. The van der Waals surface area contributed by atoms with Crippen molar-refractivity contribution < 1.29 is 0 Å². The van der Waals surface area contributed by atoms with Gasteiger partial charge in [0, 0.05) is 17.5 Å². The standard InChI is InChI=1S/C17H20BrNS/c1-2-12-6-8-13(9-7-12)11-19-15-4-3-5-16-14(15)10-17(18)20-16/h6-10,15,19H,2-5,11H2,1H3. The lowest BCUT2D eigenvalue weighted by molar-refractivity contribution is 0.463. The Labute approximate surface area is 133 Å². The summed E-state index contributed by atoms with van der Waals surface area (Å²) in [6.45, 7) is 3.16.